The maximum Gasteiger partial charge on any atom is 0.253 e. The monoisotopic (exact) mass is 394 g/mol. The Labute approximate surface area is 161 Å². The van der Waals surface area contributed by atoms with E-state index in [4.69, 9.17) is 5.73 Å². The summed E-state index contributed by atoms with van der Waals surface area (Å²) in [5, 5.41) is 2.91. The van der Waals surface area contributed by atoms with Gasteiger partial charge in [0.2, 0.25) is 10.0 Å². The Bertz CT molecular complexity index is 784. The molecule has 1 aliphatic heterocycles. The van der Waals surface area contributed by atoms with E-state index >= 15 is 0 Å². The molecule has 0 aromatic heterocycles. The number of benzene rings is 1. The lowest BCUT2D eigenvalue weighted by Crippen LogP contribution is -2.39. The predicted octanol–water partition coefficient (Wildman–Crippen LogP) is 1.39. The number of piperidine rings is 1. The Balaban J connectivity index is 1.89. The summed E-state index contributed by atoms with van der Waals surface area (Å²) in [5.41, 5.74) is 7.30. The fraction of sp³-hybridized carbons (Fsp3) is 0.632. The van der Waals surface area contributed by atoms with E-state index in [9.17, 15) is 13.2 Å². The number of rotatable bonds is 7. The third-order valence-electron chi connectivity index (χ3n) is 5.41. The first-order chi connectivity index (χ1) is 12.8. The zero-order valence-electron chi connectivity index (χ0n) is 16.1. The van der Waals surface area contributed by atoms with Gasteiger partial charge in [-0.2, -0.15) is 0 Å². The van der Waals surface area contributed by atoms with Crippen molar-refractivity contribution in [2.75, 3.05) is 38.6 Å². The van der Waals surface area contributed by atoms with E-state index in [-0.39, 0.29) is 16.8 Å². The van der Waals surface area contributed by atoms with Crippen molar-refractivity contribution >= 4 is 21.6 Å². The smallest absolute Gasteiger partial charge is 0.253 e. The summed E-state index contributed by atoms with van der Waals surface area (Å²) in [4.78, 5) is 15.2. The molecule has 0 spiro atoms. The number of anilines is 1. The molecule has 2 fully saturated rings. The molecule has 1 heterocycles. The maximum atomic E-state index is 12.9. The fourth-order valence-electron chi connectivity index (χ4n) is 3.48. The third kappa shape index (κ3) is 4.62. The summed E-state index contributed by atoms with van der Waals surface area (Å²) in [6.45, 7) is 2.16. The Hall–Kier alpha value is -1.64. The highest BCUT2D eigenvalue weighted by Gasteiger charge is 2.29. The SMILES string of the molecule is CN(C)S(=O)(=O)c1ccc(N2CCCCC2)c(C(=O)NCC(N)C2CC2)c1. The maximum absolute atomic E-state index is 12.9. The Morgan fingerprint density at radius 3 is 2.52 bits per heavy atom. The number of hydrogen-bond acceptors (Lipinski definition) is 5. The number of carbonyl (C=O) groups excluding carboxylic acids is 1. The molecule has 150 valence electrons. The van der Waals surface area contributed by atoms with Gasteiger partial charge in [0.05, 0.1) is 10.5 Å². The molecule has 3 N–H and O–H groups in total. The zero-order chi connectivity index (χ0) is 19.6. The van der Waals surface area contributed by atoms with E-state index in [0.29, 0.717) is 18.0 Å². The number of hydrogen-bond donors (Lipinski definition) is 2. The molecule has 1 unspecified atom stereocenters. The van der Waals surface area contributed by atoms with Crippen molar-refractivity contribution < 1.29 is 13.2 Å². The van der Waals surface area contributed by atoms with Crippen LogP contribution in [0.3, 0.4) is 0 Å². The van der Waals surface area contributed by atoms with Gasteiger partial charge in [0, 0.05) is 45.5 Å². The molecule has 0 bridgehead atoms. The summed E-state index contributed by atoms with van der Waals surface area (Å²) in [6, 6.07) is 4.81. The first kappa shape index (κ1) is 20.1. The second kappa shape index (κ2) is 8.16. The van der Waals surface area contributed by atoms with Crippen LogP contribution in [-0.4, -0.2) is 58.4 Å². The molecule has 3 rings (SSSR count). The first-order valence-corrected chi connectivity index (χ1v) is 11.1. The minimum atomic E-state index is -3.60. The van der Waals surface area contributed by atoms with Gasteiger partial charge in [-0.25, -0.2) is 12.7 Å². The predicted molar refractivity (Wildman–Crippen MR) is 106 cm³/mol. The molecule has 7 nitrogen and oxygen atoms in total. The third-order valence-corrected chi connectivity index (χ3v) is 7.22. The quantitative estimate of drug-likeness (QED) is 0.729. The molecule has 1 saturated carbocycles. The molecular formula is C19H30N4O3S. The van der Waals surface area contributed by atoms with Gasteiger partial charge in [-0.3, -0.25) is 4.79 Å². The summed E-state index contributed by atoms with van der Waals surface area (Å²) >= 11 is 0. The van der Waals surface area contributed by atoms with E-state index in [1.54, 1.807) is 12.1 Å². The summed E-state index contributed by atoms with van der Waals surface area (Å²) in [6.07, 6.45) is 5.57. The Morgan fingerprint density at radius 2 is 1.93 bits per heavy atom. The molecule has 1 aromatic rings. The summed E-state index contributed by atoms with van der Waals surface area (Å²) < 4.78 is 26.2. The van der Waals surface area contributed by atoms with Crippen molar-refractivity contribution in [3.8, 4) is 0 Å². The first-order valence-electron chi connectivity index (χ1n) is 9.66. The van der Waals surface area contributed by atoms with E-state index in [1.165, 1.54) is 26.6 Å². The van der Waals surface area contributed by atoms with Crippen molar-refractivity contribution in [1.82, 2.24) is 9.62 Å². The van der Waals surface area contributed by atoms with Crippen molar-refractivity contribution in [3.63, 3.8) is 0 Å². The van der Waals surface area contributed by atoms with E-state index in [2.05, 4.69) is 10.2 Å². The van der Waals surface area contributed by atoms with Crippen molar-refractivity contribution in [1.29, 1.82) is 0 Å². The Kier molecular flexibility index (Phi) is 6.08. The number of nitrogens with zero attached hydrogens (tertiary/aromatic N) is 2. The number of nitrogens with one attached hydrogen (secondary N) is 1. The molecule has 1 atom stereocenters. The summed E-state index contributed by atoms with van der Waals surface area (Å²) in [5.74, 6) is 0.231. The molecule has 0 radical (unpaired) electrons. The highest BCUT2D eigenvalue weighted by molar-refractivity contribution is 7.89. The minimum absolute atomic E-state index is 0.0407. The van der Waals surface area contributed by atoms with Crippen LogP contribution in [0.4, 0.5) is 5.69 Å². The van der Waals surface area contributed by atoms with Crippen LogP contribution in [0.2, 0.25) is 0 Å². The molecule has 1 aliphatic carbocycles. The largest absolute Gasteiger partial charge is 0.371 e. The second-order valence-corrected chi connectivity index (χ2v) is 9.88. The lowest BCUT2D eigenvalue weighted by molar-refractivity contribution is 0.0950. The average Bonchev–Trinajstić information content (AvgIpc) is 3.51. The van der Waals surface area contributed by atoms with Crippen molar-refractivity contribution in [2.45, 2.75) is 43.0 Å². The highest BCUT2D eigenvalue weighted by Crippen LogP contribution is 2.31. The molecule has 27 heavy (non-hydrogen) atoms. The zero-order valence-corrected chi connectivity index (χ0v) is 17.0. The second-order valence-electron chi connectivity index (χ2n) is 7.73. The van der Waals surface area contributed by atoms with Gasteiger partial charge in [-0.15, -0.1) is 0 Å². The van der Waals surface area contributed by atoms with Gasteiger partial charge in [0.15, 0.2) is 0 Å². The lowest BCUT2D eigenvalue weighted by atomic mass is 10.1. The molecule has 1 saturated heterocycles. The number of nitrogens with two attached hydrogens (primary N) is 1. The average molecular weight is 395 g/mol. The molecular weight excluding hydrogens is 364 g/mol. The van der Waals surface area contributed by atoms with Gasteiger partial charge >= 0.3 is 0 Å². The van der Waals surface area contributed by atoms with Crippen LogP contribution in [0.25, 0.3) is 0 Å². The van der Waals surface area contributed by atoms with E-state index < -0.39 is 10.0 Å². The fourth-order valence-corrected chi connectivity index (χ4v) is 4.40. The molecule has 1 amide bonds. The van der Waals surface area contributed by atoms with Crippen LogP contribution >= 0.6 is 0 Å². The van der Waals surface area contributed by atoms with Gasteiger partial charge in [-0.1, -0.05) is 0 Å². The van der Waals surface area contributed by atoms with Gasteiger partial charge in [0.25, 0.3) is 5.91 Å². The molecule has 1 aromatic carbocycles. The molecule has 2 aliphatic rings. The standard InChI is InChI=1S/C19H30N4O3S/c1-22(2)27(25,26)15-8-9-18(23-10-4-3-5-11-23)16(12-15)19(24)21-13-17(20)14-6-7-14/h8-9,12,14,17H,3-7,10-11,13,20H2,1-2H3,(H,21,24). The van der Waals surface area contributed by atoms with Gasteiger partial charge in [0.1, 0.15) is 0 Å². The number of carbonyl (C=O) groups is 1. The van der Waals surface area contributed by atoms with E-state index in [1.807, 2.05) is 0 Å². The van der Waals surface area contributed by atoms with Crippen molar-refractivity contribution in [2.24, 2.45) is 11.7 Å². The normalized spacial score (nSPS) is 19.2. The van der Waals surface area contributed by atoms with Crippen LogP contribution in [0, 0.1) is 5.92 Å². The number of amides is 1. The van der Waals surface area contributed by atoms with Crippen LogP contribution in [0.5, 0.6) is 0 Å². The van der Waals surface area contributed by atoms with Crippen LogP contribution in [0.1, 0.15) is 42.5 Å². The van der Waals surface area contributed by atoms with Crippen LogP contribution in [0.15, 0.2) is 23.1 Å². The van der Waals surface area contributed by atoms with Gasteiger partial charge < -0.3 is 16.0 Å². The topological polar surface area (TPSA) is 95.7 Å². The van der Waals surface area contributed by atoms with Crippen molar-refractivity contribution in [3.05, 3.63) is 23.8 Å². The Morgan fingerprint density at radius 1 is 1.26 bits per heavy atom. The highest BCUT2D eigenvalue weighted by atomic mass is 32.2. The van der Waals surface area contributed by atoms with Crippen LogP contribution in [-0.2, 0) is 10.0 Å². The van der Waals surface area contributed by atoms with Gasteiger partial charge in [-0.05, 0) is 56.2 Å². The lowest BCUT2D eigenvalue weighted by Gasteiger charge is -2.30. The van der Waals surface area contributed by atoms with E-state index in [0.717, 1.165) is 48.8 Å². The summed E-state index contributed by atoms with van der Waals surface area (Å²) in [7, 11) is -0.628. The molecule has 8 heteroatoms. The van der Waals surface area contributed by atoms with Crippen LogP contribution < -0.4 is 16.0 Å². The minimum Gasteiger partial charge on any atom is -0.371 e. The number of sulfonamides is 1.